The van der Waals surface area contributed by atoms with Gasteiger partial charge in [0.2, 0.25) is 0 Å². The molecule has 0 spiro atoms. The Morgan fingerprint density at radius 2 is 2.10 bits per heavy atom. The number of nitriles is 1. The zero-order valence-corrected chi connectivity index (χ0v) is 5.62. The van der Waals surface area contributed by atoms with E-state index in [4.69, 9.17) is 5.26 Å². The zero-order valence-electron chi connectivity index (χ0n) is 5.62. The number of hydrogen-bond donors (Lipinski definition) is 0. The van der Waals surface area contributed by atoms with Crippen molar-refractivity contribution < 1.29 is 0 Å². The molecule has 1 rings (SSSR count). The van der Waals surface area contributed by atoms with Crippen molar-refractivity contribution >= 4 is 0 Å². The third-order valence-electron chi connectivity index (χ3n) is 1.27. The highest BCUT2D eigenvalue weighted by Crippen LogP contribution is 1.98. The van der Waals surface area contributed by atoms with E-state index in [9.17, 15) is 0 Å². The summed E-state index contributed by atoms with van der Waals surface area (Å²) in [6, 6.07) is 5.95. The molecule has 0 aromatic carbocycles. The van der Waals surface area contributed by atoms with Crippen molar-refractivity contribution in [3.8, 4) is 6.07 Å². The predicted molar refractivity (Wildman–Crippen MR) is 38.2 cm³/mol. The highest BCUT2D eigenvalue weighted by atomic mass is 14.6. The molecule has 0 amide bonds. The molecule has 50 valence electrons. The summed E-state index contributed by atoms with van der Waals surface area (Å²) in [4.78, 5) is 3.87. The molecule has 0 aliphatic heterocycles. The van der Waals surface area contributed by atoms with Crippen LogP contribution in [0, 0.1) is 11.3 Å². The lowest BCUT2D eigenvalue weighted by molar-refractivity contribution is 1.00. The molecule has 10 heavy (non-hydrogen) atoms. The van der Waals surface area contributed by atoms with Gasteiger partial charge >= 0.3 is 0 Å². The lowest BCUT2D eigenvalue weighted by Crippen LogP contribution is -1.82. The lowest BCUT2D eigenvalue weighted by Gasteiger charge is -1.92. The van der Waals surface area contributed by atoms with Crippen LogP contribution in [0.25, 0.3) is 0 Å². The zero-order chi connectivity index (χ0) is 7.23. The maximum absolute atomic E-state index is 8.26. The van der Waals surface area contributed by atoms with Gasteiger partial charge in [-0.2, -0.15) is 5.26 Å². The Morgan fingerprint density at radius 1 is 1.40 bits per heavy atom. The minimum atomic E-state index is 0.587. The second kappa shape index (κ2) is 3.62. The molecule has 0 aliphatic carbocycles. The van der Waals surface area contributed by atoms with Crippen molar-refractivity contribution in [1.82, 2.24) is 4.98 Å². The lowest BCUT2D eigenvalue weighted by atomic mass is 10.2. The quantitative estimate of drug-likeness (QED) is 0.612. The van der Waals surface area contributed by atoms with Crippen molar-refractivity contribution in [2.24, 2.45) is 0 Å². The normalized spacial score (nSPS) is 8.70. The van der Waals surface area contributed by atoms with Gasteiger partial charge in [0, 0.05) is 18.8 Å². The monoisotopic (exact) mass is 132 g/mol. The fourth-order valence-electron chi connectivity index (χ4n) is 0.750. The van der Waals surface area contributed by atoms with Crippen molar-refractivity contribution in [3.05, 3.63) is 30.1 Å². The average Bonchev–Trinajstić information content (AvgIpc) is 2.03. The number of aryl methyl sites for hydroxylation is 1. The Kier molecular flexibility index (Phi) is 2.45. The summed E-state index contributed by atoms with van der Waals surface area (Å²) in [7, 11) is 0. The first kappa shape index (κ1) is 6.76. The molecule has 0 unspecified atom stereocenters. The van der Waals surface area contributed by atoms with E-state index in [-0.39, 0.29) is 0 Å². The first-order valence-electron chi connectivity index (χ1n) is 3.19. The Balaban J connectivity index is 2.52. The maximum Gasteiger partial charge on any atom is 0.0625 e. The second-order valence-electron chi connectivity index (χ2n) is 2.01. The number of pyridine rings is 1. The first-order valence-corrected chi connectivity index (χ1v) is 3.19. The summed E-state index contributed by atoms with van der Waals surface area (Å²) in [6.45, 7) is 0. The molecule has 0 radical (unpaired) electrons. The van der Waals surface area contributed by atoms with E-state index in [1.807, 2.05) is 12.1 Å². The molecule has 0 aliphatic rings. The van der Waals surface area contributed by atoms with Gasteiger partial charge in [-0.15, -0.1) is 0 Å². The fraction of sp³-hybridized carbons (Fsp3) is 0.250. The molecule has 2 nitrogen and oxygen atoms in total. The van der Waals surface area contributed by atoms with E-state index in [1.54, 1.807) is 12.4 Å². The van der Waals surface area contributed by atoms with Gasteiger partial charge in [-0.1, -0.05) is 0 Å². The minimum absolute atomic E-state index is 0.587. The summed E-state index contributed by atoms with van der Waals surface area (Å²) in [5.41, 5.74) is 1.18. The van der Waals surface area contributed by atoms with Crippen molar-refractivity contribution in [1.29, 1.82) is 5.26 Å². The SMILES string of the molecule is N#CCCc1ccncc1. The second-order valence-corrected chi connectivity index (χ2v) is 2.01. The molecule has 0 fully saturated rings. The van der Waals surface area contributed by atoms with Crippen LogP contribution < -0.4 is 0 Å². The molecule has 1 heterocycles. The van der Waals surface area contributed by atoms with Gasteiger partial charge in [-0.25, -0.2) is 0 Å². The van der Waals surface area contributed by atoms with Gasteiger partial charge in [0.15, 0.2) is 0 Å². The van der Waals surface area contributed by atoms with Crippen LogP contribution in [0.15, 0.2) is 24.5 Å². The van der Waals surface area contributed by atoms with E-state index in [1.165, 1.54) is 5.56 Å². The topological polar surface area (TPSA) is 36.7 Å². The van der Waals surface area contributed by atoms with Crippen LogP contribution in [0.5, 0.6) is 0 Å². The highest BCUT2D eigenvalue weighted by Gasteiger charge is 1.88. The minimum Gasteiger partial charge on any atom is -0.265 e. The van der Waals surface area contributed by atoms with Crippen LogP contribution in [0.2, 0.25) is 0 Å². The fourth-order valence-corrected chi connectivity index (χ4v) is 0.750. The predicted octanol–water partition coefficient (Wildman–Crippen LogP) is 1.54. The van der Waals surface area contributed by atoms with Gasteiger partial charge in [-0.3, -0.25) is 4.98 Å². The van der Waals surface area contributed by atoms with E-state index < -0.39 is 0 Å². The smallest absolute Gasteiger partial charge is 0.0625 e. The van der Waals surface area contributed by atoms with Gasteiger partial charge in [0.25, 0.3) is 0 Å². The van der Waals surface area contributed by atoms with Gasteiger partial charge in [-0.05, 0) is 24.1 Å². The Labute approximate surface area is 60.1 Å². The molecule has 0 saturated carbocycles. The molecule has 0 atom stereocenters. The van der Waals surface area contributed by atoms with E-state index in [2.05, 4.69) is 11.1 Å². The Hall–Kier alpha value is -1.36. The largest absolute Gasteiger partial charge is 0.265 e. The van der Waals surface area contributed by atoms with Gasteiger partial charge in [0.05, 0.1) is 6.07 Å². The Morgan fingerprint density at radius 3 is 2.70 bits per heavy atom. The van der Waals surface area contributed by atoms with Gasteiger partial charge < -0.3 is 0 Å². The average molecular weight is 132 g/mol. The molecule has 0 saturated heterocycles. The third-order valence-corrected chi connectivity index (χ3v) is 1.27. The van der Waals surface area contributed by atoms with Crippen LogP contribution in [-0.4, -0.2) is 4.98 Å². The summed E-state index contributed by atoms with van der Waals surface area (Å²) >= 11 is 0. The first-order chi connectivity index (χ1) is 4.93. The molecule has 1 aromatic heterocycles. The molecular weight excluding hydrogens is 124 g/mol. The summed E-state index contributed by atoms with van der Waals surface area (Å²) in [6.07, 6.45) is 4.91. The number of rotatable bonds is 2. The molecule has 0 N–H and O–H groups in total. The van der Waals surface area contributed by atoms with Crippen LogP contribution in [0.1, 0.15) is 12.0 Å². The highest BCUT2D eigenvalue weighted by molar-refractivity contribution is 5.10. The third kappa shape index (κ3) is 1.87. The number of aromatic nitrogens is 1. The maximum atomic E-state index is 8.26. The summed E-state index contributed by atoms with van der Waals surface area (Å²) < 4.78 is 0. The van der Waals surface area contributed by atoms with Crippen LogP contribution in [0.3, 0.4) is 0 Å². The van der Waals surface area contributed by atoms with Crippen molar-refractivity contribution in [2.75, 3.05) is 0 Å². The van der Waals surface area contributed by atoms with E-state index >= 15 is 0 Å². The van der Waals surface area contributed by atoms with Crippen LogP contribution >= 0.6 is 0 Å². The number of nitrogens with zero attached hydrogens (tertiary/aromatic N) is 2. The van der Waals surface area contributed by atoms with E-state index in [0.29, 0.717) is 6.42 Å². The summed E-state index contributed by atoms with van der Waals surface area (Å²) in [5.74, 6) is 0. The number of hydrogen-bond acceptors (Lipinski definition) is 2. The Bertz CT molecular complexity index is 223. The van der Waals surface area contributed by atoms with E-state index in [0.717, 1.165) is 6.42 Å². The van der Waals surface area contributed by atoms with Crippen molar-refractivity contribution in [2.45, 2.75) is 12.8 Å². The van der Waals surface area contributed by atoms with Crippen LogP contribution in [0.4, 0.5) is 0 Å². The van der Waals surface area contributed by atoms with Crippen molar-refractivity contribution in [3.63, 3.8) is 0 Å². The molecule has 1 aromatic rings. The standard InChI is InChI=1S/C8H8N2/c9-5-1-2-8-3-6-10-7-4-8/h3-4,6-7H,1-2H2. The molecule has 2 heteroatoms. The molecular formula is C8H8N2. The van der Waals surface area contributed by atoms with Crippen LogP contribution in [-0.2, 0) is 6.42 Å². The molecule has 0 bridgehead atoms. The van der Waals surface area contributed by atoms with Gasteiger partial charge in [0.1, 0.15) is 0 Å². The summed E-state index contributed by atoms with van der Waals surface area (Å²) in [5, 5.41) is 8.26.